The number of methoxy groups -OCH3 is 7. The predicted molar refractivity (Wildman–Crippen MR) is 576 cm³/mol. The maximum absolute atomic E-state index is 12.0. The van der Waals surface area contributed by atoms with Gasteiger partial charge in [0.1, 0.15) is 40.2 Å². The molecule has 7 aliphatic carbocycles. The largest absolute Gasteiger partial charge is 0.497 e. The van der Waals surface area contributed by atoms with Gasteiger partial charge in [0, 0.05) is 168 Å². The summed E-state index contributed by atoms with van der Waals surface area (Å²) in [6.07, 6.45) is -49.7. The average Bonchev–Trinajstić information content (AvgIpc) is 0.661. The highest BCUT2D eigenvalue weighted by Crippen LogP contribution is 2.49. The molecular formula is C119H189N7O14. The molecule has 7 aromatic rings. The van der Waals surface area contributed by atoms with Gasteiger partial charge >= 0.3 is 0 Å². The predicted octanol–water partition coefficient (Wildman–Crippen LogP) is 21.2. The number of ether oxygens (including phenoxy) is 7. The number of likely N-dealkylation sites (N-methyl/N-ethyl adjacent to an activating group) is 7. The van der Waals surface area contributed by atoms with Crippen molar-refractivity contribution < 1.29 is 184 Å². The SMILES string of the molecule is [2H]C([2H])([2H])Oc1ccc(C([2H])(C([2H])([2H])N(C([2H])([2H])[2H])C([2H])([2H])[2H])C2(O)C([2H])([2H])C([2H])([2H])C([2H])([2H])C([2H])([2H])C2([2H])[2H])cc1.[2H]C([2H])([2H])Oc1ccc(C([2H])(C([2H])([2H])N(C)C([2H])([2H])[2H])C2(O)C([2H])([2H])C([2H])([2H])C([2H])([2H])C([2H])([2H])C2([2H])[2H])cc1.[2H]C([2H])([2H])Oc1ccc(C([2H])(C([2H])([2H])N(C)C)C2(O)C([2H])([2H])C([2H])([2H])C([2H])([2H])C([2H])([2H])C2([2H])[2H])cc1.[2H]c1c([2H])c(C(C2(O)CCCCC2)C([2H])([2H])N(C)C)c([2H])c([2H])c1OC.[2H]c1c([2H])c(C(CN(C([2H])([2H])[2H])C([2H])([2H])[2H])C2(O)CCCCC2)c([2H])c([2H])c1OC.[2H]c1c([2H])c(C(CN(C)C([2H])([2H])[2H])C2(O)CCCCC2)c([2H])c([2H])c1OC.[2H]c1c([2H])c(C(CN(C)C)C2(O)CCCCC2)c([2H])c([2H])c1OC. The lowest BCUT2D eigenvalue weighted by molar-refractivity contribution is -0.0280. The highest BCUT2D eigenvalue weighted by Gasteiger charge is 2.46. The van der Waals surface area contributed by atoms with E-state index in [1.165, 1.54) is 40.4 Å². The Morgan fingerprint density at radius 1 is 0.257 bits per heavy atom. The minimum absolute atomic E-state index is 0.0475. The lowest BCUT2D eigenvalue weighted by Gasteiger charge is -2.40. The van der Waals surface area contributed by atoms with Gasteiger partial charge in [-0.1, -0.05) is 219 Å². The third kappa shape index (κ3) is 36.7. The summed E-state index contributed by atoms with van der Waals surface area (Å²) in [5.41, 5.74) is -21.6. The first-order valence-electron chi connectivity index (χ1n) is 86.9. The van der Waals surface area contributed by atoms with Crippen LogP contribution in [0.25, 0.3) is 0 Å². The third-order valence-electron chi connectivity index (χ3n) is 23.3. The van der Waals surface area contributed by atoms with E-state index in [-0.39, 0.29) is 142 Å². The van der Waals surface area contributed by atoms with E-state index in [0.29, 0.717) is 117 Å². The van der Waals surface area contributed by atoms with Crippen LogP contribution in [-0.2, 0) is 0 Å². The molecule has 7 atom stereocenters. The van der Waals surface area contributed by atoms with E-state index in [2.05, 4.69) is 9.47 Å². The van der Waals surface area contributed by atoms with Crippen LogP contribution in [0, 0.1) is 0 Å². The van der Waals surface area contributed by atoms with Crippen LogP contribution in [-0.4, -0.2) is 303 Å². The normalized spacial score (nSPS) is 35.9. The molecule has 0 saturated heterocycles. The quantitative estimate of drug-likeness (QED) is 0.0196. The Morgan fingerprint density at radius 3 is 0.721 bits per heavy atom. The Balaban J connectivity index is 0.000000311. The molecule has 0 bridgehead atoms. The molecule has 7 saturated carbocycles. The van der Waals surface area contributed by atoms with Crippen molar-refractivity contribution in [1.82, 2.24) is 34.3 Å². The zero-order valence-electron chi connectivity index (χ0n) is 165. The van der Waals surface area contributed by atoms with E-state index in [4.69, 9.17) is 135 Å². The van der Waals surface area contributed by atoms with Crippen LogP contribution >= 0.6 is 0 Å². The van der Waals surface area contributed by atoms with Gasteiger partial charge in [-0.15, -0.1) is 0 Å². The summed E-state index contributed by atoms with van der Waals surface area (Å²) in [6.45, 7) is -34.0. The van der Waals surface area contributed by atoms with E-state index in [1.807, 2.05) is 19.0 Å². The van der Waals surface area contributed by atoms with E-state index < -0.39 is 329 Å². The second-order valence-electron chi connectivity index (χ2n) is 34.4. The minimum atomic E-state index is -4.80. The maximum atomic E-state index is 12.0. The molecule has 0 radical (unpaired) electrons. The first-order valence-corrected chi connectivity index (χ1v) is 44.9. The fourth-order valence-electron chi connectivity index (χ4n) is 16.4. The van der Waals surface area contributed by atoms with E-state index in [9.17, 15) is 39.9 Å². The van der Waals surface area contributed by atoms with Crippen molar-refractivity contribution in [2.75, 3.05) is 193 Å². The molecule has 140 heavy (non-hydrogen) atoms. The van der Waals surface area contributed by atoms with Gasteiger partial charge in [-0.25, -0.2) is 0 Å². The van der Waals surface area contributed by atoms with Crippen LogP contribution < -0.4 is 33.2 Å². The van der Waals surface area contributed by atoms with Crippen LogP contribution in [0.1, 0.15) is 419 Å². The smallest absolute Gasteiger partial charge is 0.118 e. The van der Waals surface area contributed by atoms with Crippen molar-refractivity contribution in [3.63, 3.8) is 0 Å². The number of benzene rings is 7. The number of hydrogen-bond donors (Lipinski definition) is 7. The van der Waals surface area contributed by atoms with Crippen molar-refractivity contribution in [2.45, 2.75) is 305 Å². The first kappa shape index (κ1) is 45.9. The highest BCUT2D eigenvalue weighted by atomic mass is 16.5. The van der Waals surface area contributed by atoms with Crippen LogP contribution in [0.15, 0.2) is 169 Å². The second-order valence-corrected chi connectivity index (χ2v) is 34.4. The number of hydrogen-bond acceptors (Lipinski definition) is 21. The molecule has 21 heteroatoms. The van der Waals surface area contributed by atoms with Gasteiger partial charge in [-0.05, 0) is 312 Å². The Morgan fingerprint density at radius 2 is 0.486 bits per heavy atom. The summed E-state index contributed by atoms with van der Waals surface area (Å²) < 4.78 is 712. The summed E-state index contributed by atoms with van der Waals surface area (Å²) in [6, 6.07) is 3.72. The molecule has 14 rings (SSSR count). The Bertz CT molecular complexity index is 8470. The summed E-state index contributed by atoms with van der Waals surface area (Å²) in [4.78, 5) is 4.23. The van der Waals surface area contributed by atoms with E-state index in [0.717, 1.165) is 120 Å². The van der Waals surface area contributed by atoms with Crippen LogP contribution in [0.5, 0.6) is 40.2 Å². The summed E-state index contributed by atoms with van der Waals surface area (Å²) in [7, 11) is 7.14. The molecule has 0 spiro atoms. The second kappa shape index (κ2) is 58.7. The molecule has 7 fully saturated rings. The molecule has 0 aromatic heterocycles. The molecule has 21 nitrogen and oxygen atoms in total. The number of nitrogens with zero attached hydrogens (tertiary/aromatic N) is 7. The molecule has 0 aliphatic heterocycles. The van der Waals surface area contributed by atoms with Gasteiger partial charge in [-0.2, -0.15) is 0 Å². The number of rotatable bonds is 35. The maximum Gasteiger partial charge on any atom is 0.118 e. The van der Waals surface area contributed by atoms with E-state index in [1.54, 1.807) is 14.1 Å². The molecule has 7 N–H and O–H groups in total. The standard InChI is InChI=1S/7C17H27NO2/c7*1-18(2)13-16(17(19)11-5-4-6-12-17)14-7-9-15(20-3)10-8-14/h7*7-10,16,19H,4-6,11-13H2,1-3H3/i1D3,2D3,3D3,4D2,5D2,6D2,11D2,12D2,13D2,16D;1D3,3D3,4D2,5D2,6D2,11D2,12D2,13D2,16D;3D3,4D2,5D2,6D2,11D2,12D2,13D2,16D;1D3,2D3,7D,8D,9D,10D;7D,8D,9D,10D,13D2;1D3,7D,8D,9D,10D;7D,8D,9D,10D. The number of aliphatic hydroxyl groups is 7. The highest BCUT2D eigenvalue weighted by molar-refractivity contribution is 5.38. The molecular weight excluding hydrogens is 1750 g/mol. The van der Waals surface area contributed by atoms with Gasteiger partial charge in [0.2, 0.25) is 0 Å². The zero-order valence-corrected chi connectivity index (χ0v) is 80.6. The van der Waals surface area contributed by atoms with Gasteiger partial charge in [-0.3, -0.25) is 0 Å². The Labute approximate surface area is 965 Å². The molecule has 784 valence electrons. The Kier molecular flexibility index (Phi) is 19.2. The van der Waals surface area contributed by atoms with Gasteiger partial charge in [0.05, 0.1) is 123 Å². The topological polar surface area (TPSA) is 229 Å². The monoisotopic (exact) mass is 2020 g/mol. The fourth-order valence-corrected chi connectivity index (χ4v) is 16.4. The molecule has 7 aromatic carbocycles. The van der Waals surface area contributed by atoms with Crippen LogP contribution in [0.2, 0.25) is 0 Å². The minimum Gasteiger partial charge on any atom is -0.497 e. The van der Waals surface area contributed by atoms with Gasteiger partial charge in [0.25, 0.3) is 0 Å². The van der Waals surface area contributed by atoms with Crippen LogP contribution in [0.3, 0.4) is 0 Å². The van der Waals surface area contributed by atoms with E-state index >= 15 is 0 Å². The molecule has 0 heterocycles. The summed E-state index contributed by atoms with van der Waals surface area (Å²) in [5.74, 6) is -17.7. The van der Waals surface area contributed by atoms with Gasteiger partial charge in [0.15, 0.2) is 0 Å². The summed E-state index contributed by atoms with van der Waals surface area (Å²) >= 11 is 0. The summed E-state index contributed by atoms with van der Waals surface area (Å²) in [5, 5.41) is 81.2. The fraction of sp³-hybridized carbons (Fsp3) is 0.647. The lowest BCUT2D eigenvalue weighted by Crippen LogP contribution is -2.42. The van der Waals surface area contributed by atoms with Crippen molar-refractivity contribution in [1.29, 1.82) is 0 Å². The van der Waals surface area contributed by atoms with Crippen molar-refractivity contribution in [2.24, 2.45) is 0 Å². The van der Waals surface area contributed by atoms with Crippen molar-refractivity contribution >= 4 is 0 Å². The lowest BCUT2D eigenvalue weighted by atomic mass is 9.72. The van der Waals surface area contributed by atoms with Crippen molar-refractivity contribution in [3.8, 4) is 40.2 Å². The Hall–Kier alpha value is -7.42. The first-order chi connectivity index (χ1) is 99.8. The van der Waals surface area contributed by atoms with Crippen molar-refractivity contribution in [3.05, 3.63) is 208 Å². The zero-order chi connectivity index (χ0) is 175. The van der Waals surface area contributed by atoms with Gasteiger partial charge < -0.3 is 103 Å². The van der Waals surface area contributed by atoms with Crippen LogP contribution in [0.4, 0.5) is 0 Å². The molecule has 7 aliphatic rings. The third-order valence-corrected chi connectivity index (χ3v) is 23.3. The molecule has 7 unspecified atom stereocenters. The average molecular weight is 2030 g/mol. The molecule has 0 amide bonds.